The Morgan fingerprint density at radius 2 is 1.54 bits per heavy atom. The summed E-state index contributed by atoms with van der Waals surface area (Å²) in [5, 5.41) is 4.52. The number of rotatable bonds is 1. The SMILES string of the molecule is CC1(C)CC(=O)CC(C)(C)N1N=O. The van der Waals surface area contributed by atoms with E-state index in [4.69, 9.17) is 0 Å². The summed E-state index contributed by atoms with van der Waals surface area (Å²) in [6.45, 7) is 7.47. The quantitative estimate of drug-likeness (QED) is 0.585. The lowest BCUT2D eigenvalue weighted by molar-refractivity contribution is -0.133. The number of piperidine rings is 1. The fourth-order valence-corrected chi connectivity index (χ4v) is 2.22. The molecule has 0 N–H and O–H groups in total. The molecule has 0 aromatic heterocycles. The van der Waals surface area contributed by atoms with E-state index in [1.54, 1.807) is 0 Å². The number of Topliss-reactive ketones (excluding diaryl/α,β-unsaturated/α-hetero) is 1. The molecule has 0 unspecified atom stereocenters. The summed E-state index contributed by atoms with van der Waals surface area (Å²) in [6.07, 6.45) is 0.810. The fourth-order valence-electron chi connectivity index (χ4n) is 2.22. The minimum Gasteiger partial charge on any atom is -0.300 e. The number of carbonyl (C=O) groups excluding carboxylic acids is 1. The summed E-state index contributed by atoms with van der Waals surface area (Å²) in [4.78, 5) is 22.0. The van der Waals surface area contributed by atoms with E-state index in [1.807, 2.05) is 27.7 Å². The van der Waals surface area contributed by atoms with Crippen LogP contribution in [0.5, 0.6) is 0 Å². The average Bonchev–Trinajstić information content (AvgIpc) is 1.79. The second-order valence-electron chi connectivity index (χ2n) is 4.91. The van der Waals surface area contributed by atoms with Crippen molar-refractivity contribution in [2.24, 2.45) is 5.29 Å². The van der Waals surface area contributed by atoms with Crippen LogP contribution in [-0.2, 0) is 4.79 Å². The second kappa shape index (κ2) is 2.79. The molecule has 0 saturated carbocycles. The fraction of sp³-hybridized carbons (Fsp3) is 0.889. The first-order valence-corrected chi connectivity index (χ1v) is 4.45. The van der Waals surface area contributed by atoms with E-state index >= 15 is 0 Å². The Labute approximate surface area is 78.2 Å². The van der Waals surface area contributed by atoms with Crippen molar-refractivity contribution in [3.8, 4) is 0 Å². The maximum absolute atomic E-state index is 11.4. The maximum atomic E-state index is 11.4. The van der Waals surface area contributed by atoms with Crippen LogP contribution < -0.4 is 0 Å². The third-order valence-electron chi connectivity index (χ3n) is 2.49. The van der Waals surface area contributed by atoms with Crippen molar-refractivity contribution in [2.45, 2.75) is 51.6 Å². The molecule has 1 fully saturated rings. The Balaban J connectivity index is 3.01. The predicted octanol–water partition coefficient (Wildman–Crippen LogP) is 1.89. The molecule has 0 aromatic carbocycles. The zero-order valence-corrected chi connectivity index (χ0v) is 8.63. The van der Waals surface area contributed by atoms with Gasteiger partial charge >= 0.3 is 0 Å². The number of carbonyl (C=O) groups is 1. The summed E-state index contributed by atoms with van der Waals surface area (Å²) in [6, 6.07) is 0. The molecule has 1 heterocycles. The van der Waals surface area contributed by atoms with Gasteiger partial charge in [0, 0.05) is 12.8 Å². The molecule has 0 radical (unpaired) electrons. The van der Waals surface area contributed by atoms with Gasteiger partial charge in [0.05, 0.1) is 16.4 Å². The van der Waals surface area contributed by atoms with Crippen molar-refractivity contribution in [1.82, 2.24) is 5.01 Å². The highest BCUT2D eigenvalue weighted by molar-refractivity contribution is 5.81. The van der Waals surface area contributed by atoms with E-state index in [2.05, 4.69) is 5.29 Å². The Morgan fingerprint density at radius 1 is 1.15 bits per heavy atom. The molecule has 0 aliphatic carbocycles. The van der Waals surface area contributed by atoms with Crippen molar-refractivity contribution >= 4 is 5.78 Å². The van der Waals surface area contributed by atoms with Crippen molar-refractivity contribution in [3.05, 3.63) is 4.91 Å². The van der Waals surface area contributed by atoms with Crippen LogP contribution in [-0.4, -0.2) is 21.9 Å². The van der Waals surface area contributed by atoms with E-state index in [0.29, 0.717) is 12.8 Å². The molecule has 4 nitrogen and oxygen atoms in total. The molecule has 0 atom stereocenters. The van der Waals surface area contributed by atoms with Gasteiger partial charge in [-0.1, -0.05) is 0 Å². The standard InChI is InChI=1S/C9H16N2O2/c1-8(2)5-7(12)6-9(3,4)11(8)10-13/h5-6H2,1-4H3. The van der Waals surface area contributed by atoms with Crippen LogP contribution >= 0.6 is 0 Å². The number of nitrogens with zero attached hydrogens (tertiary/aromatic N) is 2. The average molecular weight is 184 g/mol. The van der Waals surface area contributed by atoms with Gasteiger partial charge in [-0.25, -0.2) is 5.01 Å². The number of ketones is 1. The number of nitroso groups, excluding NO2 is 1. The molecule has 4 heteroatoms. The van der Waals surface area contributed by atoms with E-state index in [0.717, 1.165) is 0 Å². The van der Waals surface area contributed by atoms with Gasteiger partial charge in [0.15, 0.2) is 0 Å². The lowest BCUT2D eigenvalue weighted by Gasteiger charge is -2.47. The molecule has 13 heavy (non-hydrogen) atoms. The zero-order valence-electron chi connectivity index (χ0n) is 8.63. The topological polar surface area (TPSA) is 49.7 Å². The third kappa shape index (κ3) is 1.71. The molecule has 1 aliphatic heterocycles. The summed E-state index contributed by atoms with van der Waals surface area (Å²) in [7, 11) is 0. The minimum absolute atomic E-state index is 0.204. The minimum atomic E-state index is -0.444. The van der Waals surface area contributed by atoms with E-state index in [-0.39, 0.29) is 5.78 Å². The van der Waals surface area contributed by atoms with Gasteiger partial charge in [-0.3, -0.25) is 4.79 Å². The van der Waals surface area contributed by atoms with Gasteiger partial charge in [-0.15, -0.1) is 4.91 Å². The normalized spacial score (nSPS) is 25.8. The van der Waals surface area contributed by atoms with E-state index in [9.17, 15) is 9.70 Å². The Morgan fingerprint density at radius 3 is 1.85 bits per heavy atom. The van der Waals surface area contributed by atoms with Gasteiger partial charge in [0.1, 0.15) is 5.78 Å². The van der Waals surface area contributed by atoms with Crippen LogP contribution in [0.4, 0.5) is 0 Å². The summed E-state index contributed by atoms with van der Waals surface area (Å²) in [5.74, 6) is 0.204. The van der Waals surface area contributed by atoms with Crippen molar-refractivity contribution in [1.29, 1.82) is 0 Å². The van der Waals surface area contributed by atoms with Crippen molar-refractivity contribution < 1.29 is 4.79 Å². The molecule has 1 rings (SSSR count). The second-order valence-corrected chi connectivity index (χ2v) is 4.91. The van der Waals surface area contributed by atoms with E-state index in [1.165, 1.54) is 5.01 Å². The Kier molecular flexibility index (Phi) is 2.18. The van der Waals surface area contributed by atoms with Crippen LogP contribution in [0.15, 0.2) is 5.29 Å². The lowest BCUT2D eigenvalue weighted by atomic mass is 9.81. The Bertz CT molecular complexity index is 226. The first kappa shape index (κ1) is 10.2. The zero-order chi connectivity index (χ0) is 10.3. The maximum Gasteiger partial charge on any atom is 0.137 e. The molecular formula is C9H16N2O2. The van der Waals surface area contributed by atoms with Gasteiger partial charge < -0.3 is 0 Å². The predicted molar refractivity (Wildman–Crippen MR) is 50.0 cm³/mol. The molecule has 0 spiro atoms. The Hall–Kier alpha value is -0.930. The molecule has 74 valence electrons. The van der Waals surface area contributed by atoms with Gasteiger partial charge in [-0.2, -0.15) is 0 Å². The molecular weight excluding hydrogens is 168 g/mol. The number of hydrogen-bond acceptors (Lipinski definition) is 3. The number of hydrogen-bond donors (Lipinski definition) is 0. The summed E-state index contributed by atoms with van der Waals surface area (Å²) in [5.41, 5.74) is -0.888. The van der Waals surface area contributed by atoms with Gasteiger partial charge in [0.25, 0.3) is 0 Å². The van der Waals surface area contributed by atoms with Gasteiger partial charge in [0.2, 0.25) is 0 Å². The molecule has 0 amide bonds. The van der Waals surface area contributed by atoms with Crippen LogP contribution in [0, 0.1) is 4.91 Å². The molecule has 0 bridgehead atoms. The smallest absolute Gasteiger partial charge is 0.137 e. The lowest BCUT2D eigenvalue weighted by Crippen LogP contribution is -2.58. The molecule has 0 aromatic rings. The molecule has 1 saturated heterocycles. The first-order chi connectivity index (χ1) is 5.79. The van der Waals surface area contributed by atoms with Crippen molar-refractivity contribution in [3.63, 3.8) is 0 Å². The third-order valence-corrected chi connectivity index (χ3v) is 2.49. The van der Waals surface area contributed by atoms with Crippen LogP contribution in [0.3, 0.4) is 0 Å². The highest BCUT2D eigenvalue weighted by Crippen LogP contribution is 2.36. The molecule has 1 aliphatic rings. The summed E-state index contributed by atoms with van der Waals surface area (Å²) < 4.78 is 0. The van der Waals surface area contributed by atoms with Crippen LogP contribution in [0.2, 0.25) is 0 Å². The van der Waals surface area contributed by atoms with Crippen molar-refractivity contribution in [2.75, 3.05) is 0 Å². The van der Waals surface area contributed by atoms with Gasteiger partial charge in [-0.05, 0) is 27.7 Å². The van der Waals surface area contributed by atoms with Crippen LogP contribution in [0.25, 0.3) is 0 Å². The first-order valence-electron chi connectivity index (χ1n) is 4.45. The highest BCUT2D eigenvalue weighted by Gasteiger charge is 2.45. The highest BCUT2D eigenvalue weighted by atomic mass is 16.3. The monoisotopic (exact) mass is 184 g/mol. The van der Waals surface area contributed by atoms with Crippen LogP contribution in [0.1, 0.15) is 40.5 Å². The summed E-state index contributed by atoms with van der Waals surface area (Å²) >= 11 is 0. The largest absolute Gasteiger partial charge is 0.300 e. The van der Waals surface area contributed by atoms with E-state index < -0.39 is 11.1 Å².